The summed E-state index contributed by atoms with van der Waals surface area (Å²) in [6, 6.07) is 17.8. The maximum atomic E-state index is 14.2. The molecule has 0 bridgehead atoms. The molecule has 3 aromatic rings. The molecule has 3 aromatic carbocycles. The molecule has 0 heterocycles. The van der Waals surface area contributed by atoms with Crippen LogP contribution in [0.15, 0.2) is 71.6 Å². The lowest BCUT2D eigenvalue weighted by atomic mass is 10.1. The molecule has 2 amide bonds. The molecule has 0 saturated heterocycles. The second-order valence-corrected chi connectivity index (χ2v) is 13.5. The van der Waals surface area contributed by atoms with Crippen molar-refractivity contribution in [3.05, 3.63) is 93.5 Å². The second-order valence-electron chi connectivity index (χ2n) is 10.8. The molecule has 1 aliphatic rings. The van der Waals surface area contributed by atoms with E-state index in [1.54, 1.807) is 18.2 Å². The van der Waals surface area contributed by atoms with Gasteiger partial charge in [-0.15, -0.1) is 0 Å². The number of anilines is 1. The highest BCUT2D eigenvalue weighted by Crippen LogP contribution is 2.33. The highest BCUT2D eigenvalue weighted by Gasteiger charge is 2.35. The van der Waals surface area contributed by atoms with E-state index in [0.29, 0.717) is 6.42 Å². The van der Waals surface area contributed by atoms with E-state index in [4.69, 9.17) is 23.2 Å². The number of amides is 2. The summed E-state index contributed by atoms with van der Waals surface area (Å²) in [7, 11) is -4.25. The van der Waals surface area contributed by atoms with Crippen LogP contribution in [-0.4, -0.2) is 43.8 Å². The molecule has 1 N–H and O–H groups in total. The van der Waals surface area contributed by atoms with Crippen LogP contribution < -0.4 is 9.62 Å². The van der Waals surface area contributed by atoms with Crippen molar-refractivity contribution in [1.82, 2.24) is 10.2 Å². The first-order chi connectivity index (χ1) is 20.0. The smallest absolute Gasteiger partial charge is 0.264 e. The van der Waals surface area contributed by atoms with E-state index in [-0.39, 0.29) is 39.1 Å². The molecule has 0 spiro atoms. The molecule has 1 fully saturated rings. The van der Waals surface area contributed by atoms with Gasteiger partial charge in [0.2, 0.25) is 11.8 Å². The highest BCUT2D eigenvalue weighted by molar-refractivity contribution is 7.92. The van der Waals surface area contributed by atoms with Gasteiger partial charge < -0.3 is 10.2 Å². The fraction of sp³-hybridized carbons (Fsp3) is 0.375. The Hall–Kier alpha value is -3.07. The van der Waals surface area contributed by atoms with E-state index < -0.39 is 28.5 Å². The molecular weight excluding hydrogens is 593 g/mol. The van der Waals surface area contributed by atoms with Crippen LogP contribution in [0.2, 0.25) is 10.0 Å². The summed E-state index contributed by atoms with van der Waals surface area (Å²) in [5, 5.41) is 3.51. The molecule has 224 valence electrons. The van der Waals surface area contributed by atoms with Crippen molar-refractivity contribution in [2.45, 2.75) is 76.4 Å². The fourth-order valence-electron chi connectivity index (χ4n) is 5.20. The first kappa shape index (κ1) is 31.9. The van der Waals surface area contributed by atoms with Gasteiger partial charge in [0.25, 0.3) is 10.0 Å². The van der Waals surface area contributed by atoms with E-state index in [1.165, 1.54) is 29.2 Å². The number of nitrogens with one attached hydrogen (secondary N) is 1. The number of halogens is 2. The molecule has 10 heteroatoms. The van der Waals surface area contributed by atoms with E-state index in [1.807, 2.05) is 45.0 Å². The van der Waals surface area contributed by atoms with Crippen molar-refractivity contribution in [1.29, 1.82) is 0 Å². The Morgan fingerprint density at radius 3 is 2.12 bits per heavy atom. The molecule has 0 aromatic heterocycles. The summed E-state index contributed by atoms with van der Waals surface area (Å²) in [6.45, 7) is 5.24. The van der Waals surface area contributed by atoms with Crippen LogP contribution in [0.25, 0.3) is 0 Å². The molecule has 7 nitrogen and oxygen atoms in total. The van der Waals surface area contributed by atoms with E-state index >= 15 is 0 Å². The maximum Gasteiger partial charge on any atom is 0.264 e. The van der Waals surface area contributed by atoms with Crippen LogP contribution >= 0.6 is 23.2 Å². The summed E-state index contributed by atoms with van der Waals surface area (Å²) in [4.78, 5) is 29.3. The minimum atomic E-state index is -4.25. The molecule has 4 rings (SSSR count). The topological polar surface area (TPSA) is 86.8 Å². The molecule has 1 aliphatic carbocycles. The quantitative estimate of drug-likeness (QED) is 0.256. The Bertz CT molecular complexity index is 1510. The average Bonchev–Trinajstić information content (AvgIpc) is 3.47. The largest absolute Gasteiger partial charge is 0.352 e. The van der Waals surface area contributed by atoms with Gasteiger partial charge >= 0.3 is 0 Å². The predicted molar refractivity (Wildman–Crippen MR) is 168 cm³/mol. The normalized spacial score (nSPS) is 14.4. The highest BCUT2D eigenvalue weighted by atomic mass is 35.5. The van der Waals surface area contributed by atoms with Crippen LogP contribution in [0.4, 0.5) is 5.69 Å². The number of hydrogen-bond acceptors (Lipinski definition) is 4. The minimum Gasteiger partial charge on any atom is -0.352 e. The SMILES string of the molecule is CC[C@@H](C(=O)NC1CCCC1)N(Cc1ccc(C)cc1)C(=O)CN(c1cc(Cl)ccc1Cl)S(=O)(=O)c1ccc(C)cc1. The van der Waals surface area contributed by atoms with Gasteiger partial charge in [-0.05, 0) is 69.0 Å². The molecule has 0 radical (unpaired) electrons. The zero-order valence-electron chi connectivity index (χ0n) is 24.1. The van der Waals surface area contributed by atoms with Gasteiger partial charge in [0.15, 0.2) is 0 Å². The molecule has 1 atom stereocenters. The first-order valence-electron chi connectivity index (χ1n) is 14.2. The van der Waals surface area contributed by atoms with E-state index in [2.05, 4.69) is 5.32 Å². The van der Waals surface area contributed by atoms with Gasteiger partial charge in [-0.25, -0.2) is 8.42 Å². The van der Waals surface area contributed by atoms with Gasteiger partial charge in [0.1, 0.15) is 12.6 Å². The monoisotopic (exact) mass is 629 g/mol. The Morgan fingerprint density at radius 2 is 1.52 bits per heavy atom. The minimum absolute atomic E-state index is 0.00745. The zero-order valence-corrected chi connectivity index (χ0v) is 26.5. The lowest BCUT2D eigenvalue weighted by molar-refractivity contribution is -0.140. The van der Waals surface area contributed by atoms with Crippen molar-refractivity contribution in [2.75, 3.05) is 10.8 Å². The Balaban J connectivity index is 1.74. The number of sulfonamides is 1. The van der Waals surface area contributed by atoms with Crippen LogP contribution in [0.1, 0.15) is 55.7 Å². The standard InChI is InChI=1S/C32H37Cl2N3O4S/c1-4-29(32(39)35-26-7-5-6-8-26)36(20-24-13-9-22(2)10-14-24)31(38)21-37(30-19-25(33)15-18-28(30)34)42(40,41)27-16-11-23(3)12-17-27/h9-19,26,29H,4-8,20-21H2,1-3H3,(H,35,39)/t29-/m0/s1. The number of rotatable bonds is 11. The van der Waals surface area contributed by atoms with Gasteiger partial charge in [0, 0.05) is 17.6 Å². The number of carbonyl (C=O) groups excluding carboxylic acids is 2. The lowest BCUT2D eigenvalue weighted by Gasteiger charge is -2.34. The van der Waals surface area contributed by atoms with Crippen molar-refractivity contribution in [3.63, 3.8) is 0 Å². The third-order valence-electron chi connectivity index (χ3n) is 7.63. The zero-order chi connectivity index (χ0) is 30.4. The molecule has 1 saturated carbocycles. The van der Waals surface area contributed by atoms with Crippen LogP contribution in [-0.2, 0) is 26.2 Å². The summed E-state index contributed by atoms with van der Waals surface area (Å²) < 4.78 is 29.1. The molecule has 0 aliphatic heterocycles. The van der Waals surface area contributed by atoms with Crippen LogP contribution in [0.3, 0.4) is 0 Å². The van der Waals surface area contributed by atoms with Crippen molar-refractivity contribution < 1.29 is 18.0 Å². The van der Waals surface area contributed by atoms with Gasteiger partial charge in [-0.1, -0.05) is 90.5 Å². The Labute approximate surface area is 258 Å². The fourth-order valence-corrected chi connectivity index (χ4v) is 7.07. The second kappa shape index (κ2) is 13.9. The summed E-state index contributed by atoms with van der Waals surface area (Å²) in [5.41, 5.74) is 2.86. The summed E-state index contributed by atoms with van der Waals surface area (Å²) in [6.07, 6.45) is 4.28. The number of nitrogens with zero attached hydrogens (tertiary/aromatic N) is 2. The lowest BCUT2D eigenvalue weighted by Crippen LogP contribution is -2.53. The first-order valence-corrected chi connectivity index (χ1v) is 16.4. The number of aryl methyl sites for hydroxylation is 2. The van der Waals surface area contributed by atoms with Gasteiger partial charge in [0.05, 0.1) is 15.6 Å². The van der Waals surface area contributed by atoms with Crippen LogP contribution in [0, 0.1) is 13.8 Å². The van der Waals surface area contributed by atoms with Crippen LogP contribution in [0.5, 0.6) is 0 Å². The number of carbonyl (C=O) groups is 2. The predicted octanol–water partition coefficient (Wildman–Crippen LogP) is 6.67. The van der Waals surface area contributed by atoms with E-state index in [9.17, 15) is 18.0 Å². The van der Waals surface area contributed by atoms with Crippen molar-refractivity contribution >= 4 is 50.7 Å². The van der Waals surface area contributed by atoms with Crippen molar-refractivity contribution in [2.24, 2.45) is 0 Å². The molecular formula is C32H37Cl2N3O4S. The summed E-state index contributed by atoms with van der Waals surface area (Å²) >= 11 is 12.8. The Morgan fingerprint density at radius 1 is 0.929 bits per heavy atom. The number of hydrogen-bond donors (Lipinski definition) is 1. The average molecular weight is 631 g/mol. The molecule has 0 unspecified atom stereocenters. The Kier molecular flexibility index (Phi) is 10.6. The van der Waals surface area contributed by atoms with Gasteiger partial charge in [-0.2, -0.15) is 0 Å². The van der Waals surface area contributed by atoms with E-state index in [0.717, 1.165) is 46.7 Å². The van der Waals surface area contributed by atoms with Gasteiger partial charge in [-0.3, -0.25) is 13.9 Å². The maximum absolute atomic E-state index is 14.2. The number of benzene rings is 3. The van der Waals surface area contributed by atoms with Crippen molar-refractivity contribution in [3.8, 4) is 0 Å². The third kappa shape index (κ3) is 7.65. The summed E-state index contributed by atoms with van der Waals surface area (Å²) in [5.74, 6) is -0.769. The molecule has 42 heavy (non-hydrogen) atoms. The third-order valence-corrected chi connectivity index (χ3v) is 9.95.